The van der Waals surface area contributed by atoms with Crippen molar-refractivity contribution >= 4 is 28.8 Å². The molecule has 3 N–H and O–H groups in total. The van der Waals surface area contributed by atoms with Crippen LogP contribution in [0, 0.1) is 12.8 Å². The Labute approximate surface area is 139 Å². The molecule has 126 valence electrons. The summed E-state index contributed by atoms with van der Waals surface area (Å²) in [5, 5.41) is 2.57. The topological polar surface area (TPSA) is 111 Å². The number of pyridine rings is 1. The van der Waals surface area contributed by atoms with Gasteiger partial charge in [-0.1, -0.05) is 32.0 Å². The molecule has 0 spiro atoms. The smallest absolute Gasteiger partial charge is 0.339 e. The van der Waals surface area contributed by atoms with Crippen LogP contribution in [-0.4, -0.2) is 29.0 Å². The first-order chi connectivity index (χ1) is 11.3. The molecule has 7 heteroatoms. The zero-order valence-corrected chi connectivity index (χ0v) is 13.7. The van der Waals surface area contributed by atoms with Crippen molar-refractivity contribution in [1.82, 2.24) is 10.3 Å². The molecular weight excluding hydrogens is 310 g/mol. The van der Waals surface area contributed by atoms with E-state index in [1.165, 1.54) is 0 Å². The first-order valence-corrected chi connectivity index (χ1v) is 7.47. The molecule has 0 bridgehead atoms. The van der Waals surface area contributed by atoms with Gasteiger partial charge in [0.25, 0.3) is 5.91 Å². The van der Waals surface area contributed by atoms with Gasteiger partial charge in [-0.2, -0.15) is 0 Å². The summed E-state index contributed by atoms with van der Waals surface area (Å²) >= 11 is 0. The van der Waals surface area contributed by atoms with Gasteiger partial charge in [-0.3, -0.25) is 15.1 Å². The lowest BCUT2D eigenvalue weighted by molar-refractivity contribution is -0.130. The average Bonchev–Trinajstić information content (AvgIpc) is 2.50. The largest absolute Gasteiger partial charge is 0.448 e. The summed E-state index contributed by atoms with van der Waals surface area (Å²) in [5.41, 5.74) is 6.58. The number of ether oxygens (including phenoxy) is 1. The molecule has 0 aliphatic carbocycles. The number of hydrogen-bond acceptors (Lipinski definition) is 5. The van der Waals surface area contributed by atoms with Gasteiger partial charge < -0.3 is 10.5 Å². The maximum absolute atomic E-state index is 12.6. The van der Waals surface area contributed by atoms with Crippen LogP contribution in [0.2, 0.25) is 0 Å². The van der Waals surface area contributed by atoms with Crippen molar-refractivity contribution in [3.8, 4) is 0 Å². The van der Waals surface area contributed by atoms with Crippen LogP contribution in [0.1, 0.15) is 29.9 Å². The Morgan fingerprint density at radius 3 is 2.50 bits per heavy atom. The van der Waals surface area contributed by atoms with Gasteiger partial charge in [0.05, 0.1) is 11.1 Å². The van der Waals surface area contributed by atoms with Crippen LogP contribution in [-0.2, 0) is 9.53 Å². The van der Waals surface area contributed by atoms with Crippen LogP contribution in [0.25, 0.3) is 10.9 Å². The van der Waals surface area contributed by atoms with Gasteiger partial charge in [0.15, 0.2) is 6.10 Å². The summed E-state index contributed by atoms with van der Waals surface area (Å²) < 4.78 is 5.34. The van der Waals surface area contributed by atoms with Crippen molar-refractivity contribution in [1.29, 1.82) is 0 Å². The number of carbonyl (C=O) groups is 3. The molecule has 0 aliphatic rings. The number of carbonyl (C=O) groups excluding carboxylic acids is 3. The normalized spacial score (nSPS) is 12.0. The van der Waals surface area contributed by atoms with Gasteiger partial charge in [-0.25, -0.2) is 9.59 Å². The van der Waals surface area contributed by atoms with Gasteiger partial charge in [0.2, 0.25) is 0 Å². The first-order valence-electron chi connectivity index (χ1n) is 7.47. The summed E-state index contributed by atoms with van der Waals surface area (Å²) in [6, 6.07) is 7.77. The van der Waals surface area contributed by atoms with E-state index < -0.39 is 24.0 Å². The molecule has 1 aromatic heterocycles. The highest BCUT2D eigenvalue weighted by Gasteiger charge is 2.28. The molecule has 7 nitrogen and oxygen atoms in total. The van der Waals surface area contributed by atoms with Crippen molar-refractivity contribution in [3.63, 3.8) is 0 Å². The number of esters is 1. The molecular formula is C17H19N3O4. The predicted octanol–water partition coefficient (Wildman–Crippen LogP) is 1.92. The number of aryl methyl sites for hydroxylation is 1. The third kappa shape index (κ3) is 3.87. The Morgan fingerprint density at radius 1 is 1.21 bits per heavy atom. The standard InChI is InChI=1S/C17H19N3O4/c1-9(2)14(15(21)20-17(18)23)24-16(22)12-8-10(3)19-13-7-5-4-6-11(12)13/h4-9,14H,1-3H3,(H3,18,20,21,23)/t14-/m0/s1. The Balaban J connectivity index is 2.34. The van der Waals surface area contributed by atoms with Gasteiger partial charge in [-0.15, -0.1) is 0 Å². The molecule has 24 heavy (non-hydrogen) atoms. The molecule has 2 aromatic rings. The van der Waals surface area contributed by atoms with Crippen LogP contribution < -0.4 is 11.1 Å². The summed E-state index contributed by atoms with van der Waals surface area (Å²) in [5.74, 6) is -1.74. The van der Waals surface area contributed by atoms with E-state index in [0.29, 0.717) is 22.2 Å². The number of imide groups is 1. The molecule has 0 saturated carbocycles. The number of nitrogens with zero attached hydrogens (tertiary/aromatic N) is 1. The third-order valence-electron chi connectivity index (χ3n) is 3.41. The first kappa shape index (κ1) is 17.4. The number of hydrogen-bond donors (Lipinski definition) is 2. The lowest BCUT2D eigenvalue weighted by Gasteiger charge is -2.20. The number of para-hydroxylation sites is 1. The number of amides is 3. The maximum atomic E-state index is 12.6. The molecule has 2 rings (SSSR count). The molecule has 1 atom stereocenters. The van der Waals surface area contributed by atoms with Crippen molar-refractivity contribution < 1.29 is 19.1 Å². The average molecular weight is 329 g/mol. The number of benzene rings is 1. The van der Waals surface area contributed by atoms with Crippen molar-refractivity contribution in [2.45, 2.75) is 26.9 Å². The molecule has 0 unspecified atom stereocenters. The fraction of sp³-hybridized carbons (Fsp3) is 0.294. The minimum absolute atomic E-state index is 0.315. The van der Waals surface area contributed by atoms with Crippen molar-refractivity contribution in [3.05, 3.63) is 41.6 Å². The van der Waals surface area contributed by atoms with Crippen LogP contribution in [0.4, 0.5) is 4.79 Å². The van der Waals surface area contributed by atoms with E-state index in [9.17, 15) is 14.4 Å². The monoisotopic (exact) mass is 329 g/mol. The summed E-state index contributed by atoms with van der Waals surface area (Å²) in [7, 11) is 0. The highest BCUT2D eigenvalue weighted by molar-refractivity contribution is 6.05. The number of fused-ring (bicyclic) bond motifs is 1. The van der Waals surface area contributed by atoms with E-state index in [1.807, 2.05) is 11.4 Å². The van der Waals surface area contributed by atoms with E-state index in [4.69, 9.17) is 10.5 Å². The molecule has 1 heterocycles. The van der Waals surface area contributed by atoms with Crippen LogP contribution in [0.5, 0.6) is 0 Å². The van der Waals surface area contributed by atoms with E-state index in [-0.39, 0.29) is 5.92 Å². The van der Waals surface area contributed by atoms with E-state index in [2.05, 4.69) is 4.98 Å². The minimum atomic E-state index is -1.13. The summed E-state index contributed by atoms with van der Waals surface area (Å²) in [6.07, 6.45) is -1.13. The SMILES string of the molecule is Cc1cc(C(=O)O[C@H](C(=O)NC(N)=O)C(C)C)c2ccccc2n1. The maximum Gasteiger partial charge on any atom is 0.339 e. The van der Waals surface area contributed by atoms with E-state index >= 15 is 0 Å². The molecule has 0 fully saturated rings. The zero-order chi connectivity index (χ0) is 17.9. The number of primary amides is 1. The number of nitrogens with one attached hydrogen (secondary N) is 1. The summed E-state index contributed by atoms with van der Waals surface area (Å²) in [6.45, 7) is 5.17. The highest BCUT2D eigenvalue weighted by Crippen LogP contribution is 2.20. The van der Waals surface area contributed by atoms with E-state index in [0.717, 1.165) is 0 Å². The Kier molecular flexibility index (Phi) is 5.13. The highest BCUT2D eigenvalue weighted by atomic mass is 16.5. The number of rotatable bonds is 4. The van der Waals surface area contributed by atoms with Crippen molar-refractivity contribution in [2.24, 2.45) is 11.7 Å². The second kappa shape index (κ2) is 7.08. The molecule has 1 aromatic carbocycles. The lowest BCUT2D eigenvalue weighted by Crippen LogP contribution is -2.45. The van der Waals surface area contributed by atoms with E-state index in [1.54, 1.807) is 45.0 Å². The quantitative estimate of drug-likeness (QED) is 0.832. The van der Waals surface area contributed by atoms with Gasteiger partial charge in [0, 0.05) is 11.1 Å². The van der Waals surface area contributed by atoms with Gasteiger partial charge >= 0.3 is 12.0 Å². The summed E-state index contributed by atoms with van der Waals surface area (Å²) in [4.78, 5) is 39.8. The number of nitrogens with two attached hydrogens (primary N) is 1. The lowest BCUT2D eigenvalue weighted by atomic mass is 10.1. The third-order valence-corrected chi connectivity index (χ3v) is 3.41. The minimum Gasteiger partial charge on any atom is -0.448 e. The predicted molar refractivity (Wildman–Crippen MR) is 88.2 cm³/mol. The van der Waals surface area contributed by atoms with Crippen LogP contribution in [0.15, 0.2) is 30.3 Å². The Hall–Kier alpha value is -2.96. The zero-order valence-electron chi connectivity index (χ0n) is 13.7. The fourth-order valence-electron chi connectivity index (χ4n) is 2.34. The molecule has 0 saturated heterocycles. The Morgan fingerprint density at radius 2 is 1.88 bits per heavy atom. The van der Waals surface area contributed by atoms with Gasteiger partial charge in [-0.05, 0) is 25.0 Å². The molecule has 0 radical (unpaired) electrons. The second-order valence-electron chi connectivity index (χ2n) is 5.75. The van der Waals surface area contributed by atoms with Crippen LogP contribution >= 0.6 is 0 Å². The number of aromatic nitrogens is 1. The molecule has 0 aliphatic heterocycles. The Bertz CT molecular complexity index is 802. The second-order valence-corrected chi connectivity index (χ2v) is 5.75. The van der Waals surface area contributed by atoms with Crippen LogP contribution in [0.3, 0.4) is 0 Å². The fourth-order valence-corrected chi connectivity index (χ4v) is 2.34. The molecule has 3 amide bonds. The number of urea groups is 1. The van der Waals surface area contributed by atoms with Gasteiger partial charge in [0.1, 0.15) is 0 Å². The van der Waals surface area contributed by atoms with Crippen molar-refractivity contribution in [2.75, 3.05) is 0 Å².